The lowest BCUT2D eigenvalue weighted by Crippen LogP contribution is -2.12. The fourth-order valence-electron chi connectivity index (χ4n) is 7.07. The molecular weight excluding hydrogens is 472 g/mol. The Bertz CT molecular complexity index is 1590. The van der Waals surface area contributed by atoms with Crippen molar-refractivity contribution in [3.05, 3.63) is 126 Å². The van der Waals surface area contributed by atoms with Crippen LogP contribution in [0.2, 0.25) is 0 Å². The molecule has 3 aliphatic carbocycles. The minimum atomic E-state index is 0.566. The third-order valence-corrected chi connectivity index (χ3v) is 8.96. The highest BCUT2D eigenvalue weighted by atomic mass is 15.1. The number of hydrogen-bond acceptors (Lipinski definition) is 1. The Morgan fingerprint density at radius 2 is 1.79 bits per heavy atom. The van der Waals surface area contributed by atoms with Gasteiger partial charge in [-0.05, 0) is 102 Å². The molecule has 3 aromatic carbocycles. The number of benzene rings is 3. The molecule has 1 heterocycles. The molecule has 7 rings (SSSR count). The first-order chi connectivity index (χ1) is 19.3. The van der Waals surface area contributed by atoms with Gasteiger partial charge in [0, 0.05) is 18.0 Å². The van der Waals surface area contributed by atoms with E-state index in [1.165, 1.54) is 95.2 Å². The molecule has 2 nitrogen and oxygen atoms in total. The summed E-state index contributed by atoms with van der Waals surface area (Å²) in [4.78, 5) is 4.96. The average molecular weight is 509 g/mol. The number of rotatable bonds is 6. The first-order valence-electron chi connectivity index (χ1n) is 14.7. The summed E-state index contributed by atoms with van der Waals surface area (Å²) < 4.78 is 2.38. The van der Waals surface area contributed by atoms with Crippen LogP contribution in [0.5, 0.6) is 0 Å². The van der Waals surface area contributed by atoms with Crippen molar-refractivity contribution in [3.63, 3.8) is 0 Å². The predicted molar refractivity (Wildman–Crippen MR) is 163 cm³/mol. The van der Waals surface area contributed by atoms with Gasteiger partial charge in [-0.15, -0.1) is 6.58 Å². The van der Waals surface area contributed by atoms with E-state index in [0.29, 0.717) is 5.92 Å². The minimum Gasteiger partial charge on any atom is -0.299 e. The molecule has 0 unspecified atom stereocenters. The highest BCUT2D eigenvalue weighted by Crippen LogP contribution is 2.43. The van der Waals surface area contributed by atoms with Crippen molar-refractivity contribution in [2.75, 3.05) is 0 Å². The van der Waals surface area contributed by atoms with Gasteiger partial charge in [0.2, 0.25) is 0 Å². The second kappa shape index (κ2) is 10.3. The van der Waals surface area contributed by atoms with Crippen molar-refractivity contribution in [2.45, 2.75) is 63.7 Å². The van der Waals surface area contributed by atoms with E-state index < -0.39 is 0 Å². The summed E-state index contributed by atoms with van der Waals surface area (Å²) in [6, 6.07) is 22.7. The first kappa shape index (κ1) is 24.2. The summed E-state index contributed by atoms with van der Waals surface area (Å²) in [5.74, 6) is 1.60. The van der Waals surface area contributed by atoms with E-state index in [1.807, 2.05) is 12.3 Å². The molecule has 4 aromatic rings. The zero-order valence-electron chi connectivity index (χ0n) is 22.7. The third kappa shape index (κ3) is 4.42. The van der Waals surface area contributed by atoms with Crippen LogP contribution in [0.3, 0.4) is 0 Å². The minimum absolute atomic E-state index is 0.566. The van der Waals surface area contributed by atoms with Crippen LogP contribution in [-0.4, -0.2) is 9.55 Å². The molecule has 0 N–H and O–H groups in total. The van der Waals surface area contributed by atoms with Gasteiger partial charge in [-0.3, -0.25) is 4.57 Å². The molecule has 0 bridgehead atoms. The van der Waals surface area contributed by atoms with Crippen molar-refractivity contribution in [1.82, 2.24) is 9.55 Å². The molecule has 1 saturated carbocycles. The van der Waals surface area contributed by atoms with Crippen molar-refractivity contribution in [1.29, 1.82) is 0 Å². The maximum atomic E-state index is 4.96. The summed E-state index contributed by atoms with van der Waals surface area (Å²) >= 11 is 0. The van der Waals surface area contributed by atoms with E-state index in [9.17, 15) is 0 Å². The Labute approximate surface area is 232 Å². The summed E-state index contributed by atoms with van der Waals surface area (Å²) in [5.41, 5.74) is 13.8. The fraction of sp³-hybridized carbons (Fsp3) is 0.270. The standard InChI is InChI=1S/C37H36N2/c1-2-11-30-23-32(26-12-5-3-6-13-26)25-35(27-14-7-4-8-15-27)36(30)39-21-20-38-37(39)31-19-18-29-22-28-16-9-10-17-33(28)34(29)24-31/h2-3,5-6,10,12-13,17-21,23-25,27H,1,4,7-9,11,14-16,22H2. The largest absolute Gasteiger partial charge is 0.299 e. The molecule has 0 atom stereocenters. The molecule has 0 amide bonds. The summed E-state index contributed by atoms with van der Waals surface area (Å²) in [7, 11) is 0. The normalized spacial score (nSPS) is 16.8. The highest BCUT2D eigenvalue weighted by Gasteiger charge is 2.26. The van der Waals surface area contributed by atoms with Crippen LogP contribution in [-0.2, 0) is 12.8 Å². The molecule has 194 valence electrons. The molecule has 0 radical (unpaired) electrons. The van der Waals surface area contributed by atoms with Crippen LogP contribution in [0, 0.1) is 0 Å². The van der Waals surface area contributed by atoms with Gasteiger partial charge in [0.15, 0.2) is 0 Å². The van der Waals surface area contributed by atoms with Gasteiger partial charge in [0.05, 0.1) is 5.69 Å². The first-order valence-corrected chi connectivity index (χ1v) is 14.7. The zero-order chi connectivity index (χ0) is 26.2. The summed E-state index contributed by atoms with van der Waals surface area (Å²) in [6.07, 6.45) is 21.6. The lowest BCUT2D eigenvalue weighted by Gasteiger charge is -2.28. The Balaban J connectivity index is 1.40. The average Bonchev–Trinajstić information content (AvgIpc) is 3.62. The number of fused-ring (bicyclic) bond motifs is 2. The molecule has 2 heteroatoms. The van der Waals surface area contributed by atoms with Crippen LogP contribution < -0.4 is 0 Å². The topological polar surface area (TPSA) is 17.8 Å². The lowest BCUT2D eigenvalue weighted by atomic mass is 9.81. The van der Waals surface area contributed by atoms with Crippen LogP contribution in [0.1, 0.15) is 73.1 Å². The van der Waals surface area contributed by atoms with Crippen molar-refractivity contribution < 1.29 is 0 Å². The van der Waals surface area contributed by atoms with Gasteiger partial charge in [0.25, 0.3) is 0 Å². The van der Waals surface area contributed by atoms with Gasteiger partial charge >= 0.3 is 0 Å². The smallest absolute Gasteiger partial charge is 0.144 e. The van der Waals surface area contributed by atoms with E-state index in [2.05, 4.69) is 90.2 Å². The molecule has 0 spiro atoms. The fourth-order valence-corrected chi connectivity index (χ4v) is 7.07. The summed E-state index contributed by atoms with van der Waals surface area (Å²) in [6.45, 7) is 4.14. The van der Waals surface area contributed by atoms with Crippen LogP contribution in [0.4, 0.5) is 0 Å². The van der Waals surface area contributed by atoms with Crippen LogP contribution in [0.25, 0.3) is 33.8 Å². The summed E-state index contributed by atoms with van der Waals surface area (Å²) in [5, 5.41) is 0. The number of nitrogens with zero attached hydrogens (tertiary/aromatic N) is 2. The van der Waals surface area contributed by atoms with Crippen molar-refractivity contribution in [3.8, 4) is 28.2 Å². The second-order valence-electron chi connectivity index (χ2n) is 11.4. The van der Waals surface area contributed by atoms with E-state index in [-0.39, 0.29) is 0 Å². The van der Waals surface area contributed by atoms with E-state index >= 15 is 0 Å². The quantitative estimate of drug-likeness (QED) is 0.237. The number of aromatic nitrogens is 2. The molecule has 3 aliphatic rings. The highest BCUT2D eigenvalue weighted by molar-refractivity contribution is 5.86. The van der Waals surface area contributed by atoms with E-state index in [1.54, 1.807) is 5.57 Å². The molecule has 1 fully saturated rings. The number of allylic oxidation sites excluding steroid dienone is 5. The predicted octanol–water partition coefficient (Wildman–Crippen LogP) is 9.64. The van der Waals surface area contributed by atoms with Crippen molar-refractivity contribution >= 4 is 5.57 Å². The lowest BCUT2D eigenvalue weighted by molar-refractivity contribution is 0.443. The molecule has 39 heavy (non-hydrogen) atoms. The van der Waals surface area contributed by atoms with Crippen molar-refractivity contribution in [2.24, 2.45) is 0 Å². The maximum absolute atomic E-state index is 4.96. The Hall–Kier alpha value is -3.91. The van der Waals surface area contributed by atoms with E-state index in [0.717, 1.165) is 18.7 Å². The monoisotopic (exact) mass is 508 g/mol. The molecule has 0 aliphatic heterocycles. The Morgan fingerprint density at radius 1 is 0.923 bits per heavy atom. The van der Waals surface area contributed by atoms with Gasteiger partial charge in [0.1, 0.15) is 5.82 Å². The third-order valence-electron chi connectivity index (χ3n) is 8.96. The second-order valence-corrected chi connectivity index (χ2v) is 11.4. The zero-order valence-corrected chi connectivity index (χ0v) is 22.7. The van der Waals surface area contributed by atoms with E-state index in [4.69, 9.17) is 4.98 Å². The Kier molecular flexibility index (Phi) is 6.40. The van der Waals surface area contributed by atoms with Gasteiger partial charge in [-0.25, -0.2) is 4.98 Å². The van der Waals surface area contributed by atoms with Gasteiger partial charge in [-0.2, -0.15) is 0 Å². The SMILES string of the molecule is C=CCc1cc(-c2ccccc2)cc(C2CCCCC2)c1-n1ccnc1-c1ccc2c(c1)C1=C(CCC=C1)C2. The number of hydrogen-bond donors (Lipinski definition) is 0. The number of imidazole rings is 1. The molecular formula is C37H36N2. The molecule has 1 aromatic heterocycles. The van der Waals surface area contributed by atoms with Gasteiger partial charge < -0.3 is 0 Å². The Morgan fingerprint density at radius 3 is 2.64 bits per heavy atom. The molecule has 0 saturated heterocycles. The van der Waals surface area contributed by atoms with Crippen LogP contribution >= 0.6 is 0 Å². The van der Waals surface area contributed by atoms with Gasteiger partial charge in [-0.1, -0.05) is 85.5 Å². The maximum Gasteiger partial charge on any atom is 0.144 e. The van der Waals surface area contributed by atoms with Crippen LogP contribution in [0.15, 0.2) is 103 Å².